The Morgan fingerprint density at radius 1 is 1.29 bits per heavy atom. The Hall–Kier alpha value is -1.04. The Bertz CT molecular complexity index is 822. The molecule has 2 saturated heterocycles. The predicted molar refractivity (Wildman–Crippen MR) is 89.5 cm³/mol. The maximum absolute atomic E-state index is 13.4. The second-order valence-corrected chi connectivity index (χ2v) is 9.53. The van der Waals surface area contributed by atoms with Crippen LogP contribution in [0, 0.1) is 0 Å². The lowest BCUT2D eigenvalue weighted by Gasteiger charge is -2.49. The van der Waals surface area contributed by atoms with Crippen LogP contribution >= 0.6 is 7.91 Å². The second-order valence-electron chi connectivity index (χ2n) is 6.83. The molecule has 3 rings (SSSR count). The summed E-state index contributed by atoms with van der Waals surface area (Å²) in [5.74, 6) is 0. The van der Waals surface area contributed by atoms with Gasteiger partial charge in [0.15, 0.2) is 10.1 Å². The Kier molecular flexibility index (Phi) is 6.95. The molecule has 2 unspecified atom stereocenters. The van der Waals surface area contributed by atoms with Crippen LogP contribution in [0.2, 0.25) is 0 Å². The van der Waals surface area contributed by atoms with Gasteiger partial charge in [0.2, 0.25) is 0 Å². The molecule has 4 atom stereocenters. The lowest BCUT2D eigenvalue weighted by Crippen LogP contribution is -2.63. The highest BCUT2D eigenvalue weighted by atomic mass is 32.2. The first-order valence-electron chi connectivity index (χ1n) is 8.26. The monoisotopic (exact) mass is 449 g/mol. The molecule has 1 aromatic rings. The first-order valence-corrected chi connectivity index (χ1v) is 11.1. The topological polar surface area (TPSA) is 92.7 Å². The smallest absolute Gasteiger partial charge is 0.513 e. The number of hydrogen-bond donors (Lipinski definition) is 0. The molecule has 7 nitrogen and oxygen atoms in total. The zero-order valence-corrected chi connectivity index (χ0v) is 16.6. The maximum Gasteiger partial charge on any atom is 0.513 e. The molecule has 160 valence electrons. The lowest BCUT2D eigenvalue weighted by atomic mass is 9.95. The first-order chi connectivity index (χ1) is 12.7. The zero-order valence-electron chi connectivity index (χ0n) is 14.8. The normalized spacial score (nSPS) is 33.4. The third-order valence-corrected chi connectivity index (χ3v) is 6.27. The second kappa shape index (κ2) is 8.37. The highest BCUT2D eigenvalue weighted by Gasteiger charge is 2.50. The maximum atomic E-state index is 13.4. The minimum atomic E-state index is -6.09. The number of piperidine rings is 1. The zero-order chi connectivity index (χ0) is 21.2. The van der Waals surface area contributed by atoms with Crippen LogP contribution in [0.5, 0.6) is 0 Å². The van der Waals surface area contributed by atoms with Crippen molar-refractivity contribution in [3.05, 3.63) is 35.9 Å². The molecule has 0 aliphatic carbocycles. The van der Waals surface area contributed by atoms with E-state index >= 15 is 0 Å². The van der Waals surface area contributed by atoms with Crippen molar-refractivity contribution in [3.8, 4) is 0 Å². The third kappa shape index (κ3) is 5.98. The van der Waals surface area contributed by atoms with Crippen LogP contribution < -0.4 is 0 Å². The van der Waals surface area contributed by atoms with E-state index in [1.54, 1.807) is 0 Å². The average molecular weight is 449 g/mol. The van der Waals surface area contributed by atoms with Gasteiger partial charge in [-0.1, -0.05) is 30.3 Å². The Balaban J connectivity index is 0.000000300. The van der Waals surface area contributed by atoms with Crippen molar-refractivity contribution >= 4 is 18.0 Å². The van der Waals surface area contributed by atoms with E-state index in [2.05, 4.69) is 19.2 Å². The van der Waals surface area contributed by atoms with Crippen LogP contribution in [0.4, 0.5) is 17.4 Å². The van der Waals surface area contributed by atoms with Gasteiger partial charge in [0.05, 0.1) is 13.6 Å². The summed E-state index contributed by atoms with van der Waals surface area (Å²) in [5, 5.41) is 0. The number of hydrogen-bond acceptors (Lipinski definition) is 6. The molecular formula is C15H20F4NO6PS. The number of quaternary nitrogens is 1. The number of alkyl halides is 3. The van der Waals surface area contributed by atoms with E-state index in [0.29, 0.717) is 0 Å². The fraction of sp³-hybridized carbons (Fsp3) is 0.600. The van der Waals surface area contributed by atoms with Gasteiger partial charge in [0.1, 0.15) is 25.3 Å². The molecule has 28 heavy (non-hydrogen) atoms. The van der Waals surface area contributed by atoms with E-state index in [9.17, 15) is 21.9 Å². The third-order valence-electron chi connectivity index (χ3n) is 4.72. The Morgan fingerprint density at radius 2 is 1.86 bits per heavy atom. The summed E-state index contributed by atoms with van der Waals surface area (Å²) >= 11 is 0. The minimum Gasteiger partial charge on any atom is -0.741 e. The number of halogens is 4. The van der Waals surface area contributed by atoms with Crippen LogP contribution in [0.25, 0.3) is 0 Å². The molecule has 0 amide bonds. The predicted octanol–water partition coefficient (Wildman–Crippen LogP) is 3.34. The number of rotatable bonds is 2. The van der Waals surface area contributed by atoms with Crippen LogP contribution in [-0.4, -0.2) is 55.3 Å². The van der Waals surface area contributed by atoms with Gasteiger partial charge in [-0.3, -0.25) is 9.05 Å². The standard InChI is InChI=1S/C14H20FNO3P.CHF3O3S/c1-16(10-12-6-3-2-4-7-12)9-5-8-14-13(16)11-18-20(15,17)19-14;2-1(3,4)8(5,6)7/h2-4,6-7,13-14H,5,8-11H2,1H3;(H,5,6,7)/q+1;/p-1/t13-,14+,16?,20?;/m1./s1. The van der Waals surface area contributed by atoms with Gasteiger partial charge in [0.25, 0.3) is 0 Å². The van der Waals surface area contributed by atoms with Crippen molar-refractivity contribution < 1.29 is 48.4 Å². The van der Waals surface area contributed by atoms with Crippen LogP contribution in [0.1, 0.15) is 18.4 Å². The molecular weight excluding hydrogens is 429 g/mol. The molecule has 0 aromatic heterocycles. The van der Waals surface area contributed by atoms with E-state index in [1.165, 1.54) is 5.56 Å². The number of likely N-dealkylation sites (tertiary alicyclic amines) is 1. The van der Waals surface area contributed by atoms with Gasteiger partial charge in [-0.25, -0.2) is 13.0 Å². The summed E-state index contributed by atoms with van der Waals surface area (Å²) in [5.41, 5.74) is -4.41. The summed E-state index contributed by atoms with van der Waals surface area (Å²) in [6.45, 7) is 2.02. The highest BCUT2D eigenvalue weighted by Crippen LogP contribution is 2.56. The van der Waals surface area contributed by atoms with E-state index in [0.717, 1.165) is 30.4 Å². The fourth-order valence-electron chi connectivity index (χ4n) is 3.38. The van der Waals surface area contributed by atoms with Gasteiger partial charge < -0.3 is 9.04 Å². The van der Waals surface area contributed by atoms with Crippen LogP contribution in [0.3, 0.4) is 0 Å². The van der Waals surface area contributed by atoms with Gasteiger partial charge >= 0.3 is 13.4 Å². The van der Waals surface area contributed by atoms with Crippen molar-refractivity contribution in [2.45, 2.75) is 37.0 Å². The molecule has 0 spiro atoms. The summed E-state index contributed by atoms with van der Waals surface area (Å²) in [6, 6.07) is 10.3. The molecule has 0 bridgehead atoms. The van der Waals surface area contributed by atoms with E-state index < -0.39 is 23.5 Å². The number of likely N-dealkylation sites (N-methyl/N-ethyl adjacent to an activating group) is 1. The van der Waals surface area contributed by atoms with Crippen molar-refractivity contribution in [1.82, 2.24) is 0 Å². The number of fused-ring (bicyclic) bond motifs is 1. The molecule has 0 saturated carbocycles. The Morgan fingerprint density at radius 3 is 2.39 bits per heavy atom. The SMILES string of the molecule is C[N+]1(Cc2ccccc2)CCC[C@@H]2OP(=O)(F)OC[C@H]21.O=S(=O)([O-])C(F)(F)F. The summed E-state index contributed by atoms with van der Waals surface area (Å²) in [4.78, 5) is 0. The van der Waals surface area contributed by atoms with Gasteiger partial charge in [-0.05, 0) is 12.8 Å². The first kappa shape index (κ1) is 23.2. The van der Waals surface area contributed by atoms with E-state index in [1.807, 2.05) is 18.2 Å². The van der Waals surface area contributed by atoms with Gasteiger partial charge in [0, 0.05) is 5.56 Å². The number of benzene rings is 1. The van der Waals surface area contributed by atoms with Gasteiger partial charge in [-0.15, -0.1) is 4.20 Å². The largest absolute Gasteiger partial charge is 0.741 e. The fourth-order valence-corrected chi connectivity index (χ4v) is 4.34. The molecule has 0 N–H and O–H groups in total. The molecule has 2 aliphatic heterocycles. The summed E-state index contributed by atoms with van der Waals surface area (Å²) in [6.07, 6.45) is 1.40. The number of nitrogens with zero attached hydrogens (tertiary/aromatic N) is 1. The van der Waals surface area contributed by atoms with Crippen molar-refractivity contribution in [3.63, 3.8) is 0 Å². The Labute approximate surface area is 160 Å². The molecule has 0 radical (unpaired) electrons. The van der Waals surface area contributed by atoms with Gasteiger partial charge in [-0.2, -0.15) is 13.2 Å². The summed E-state index contributed by atoms with van der Waals surface area (Å²) < 4.78 is 94.3. The lowest BCUT2D eigenvalue weighted by molar-refractivity contribution is -0.954. The molecule has 2 fully saturated rings. The molecule has 2 aliphatic rings. The molecule has 2 heterocycles. The minimum absolute atomic E-state index is 0.0433. The van der Waals surface area contributed by atoms with E-state index in [-0.39, 0.29) is 18.8 Å². The van der Waals surface area contributed by atoms with Crippen LogP contribution in [0.15, 0.2) is 30.3 Å². The van der Waals surface area contributed by atoms with Crippen molar-refractivity contribution in [1.29, 1.82) is 0 Å². The van der Waals surface area contributed by atoms with Crippen molar-refractivity contribution in [2.75, 3.05) is 20.2 Å². The molecule has 1 aromatic carbocycles. The average Bonchev–Trinajstić information content (AvgIpc) is 2.53. The van der Waals surface area contributed by atoms with E-state index in [4.69, 9.17) is 22.0 Å². The summed E-state index contributed by atoms with van der Waals surface area (Å²) in [7, 11) is -8.27. The van der Waals surface area contributed by atoms with Crippen LogP contribution in [-0.2, 0) is 30.3 Å². The quantitative estimate of drug-likeness (QED) is 0.226. The highest BCUT2D eigenvalue weighted by molar-refractivity contribution is 7.86. The molecule has 13 heteroatoms. The van der Waals surface area contributed by atoms with Crippen molar-refractivity contribution in [2.24, 2.45) is 0 Å².